The Morgan fingerprint density at radius 1 is 1.64 bits per heavy atom. The molecule has 1 aromatic rings. The van der Waals surface area contributed by atoms with Gasteiger partial charge in [0.1, 0.15) is 5.82 Å². The highest BCUT2D eigenvalue weighted by molar-refractivity contribution is 6.31. The van der Waals surface area contributed by atoms with E-state index in [4.69, 9.17) is 16.3 Å². The Bertz CT molecular complexity index is 340. The highest BCUT2D eigenvalue weighted by Crippen LogP contribution is 2.20. The number of hydrogen-bond acceptors (Lipinski definition) is 2. The van der Waals surface area contributed by atoms with Gasteiger partial charge in [0.05, 0.1) is 12.2 Å². The number of hydrogen-bond donors (Lipinski definition) is 0. The van der Waals surface area contributed by atoms with Crippen LogP contribution in [0.2, 0.25) is 5.02 Å². The van der Waals surface area contributed by atoms with Crippen LogP contribution in [0.4, 0.5) is 4.39 Å². The maximum atomic E-state index is 13.1. The normalized spacial score (nSPS) is 10.0. The number of rotatable bonds is 2. The van der Waals surface area contributed by atoms with Crippen LogP contribution in [0, 0.1) is 12.7 Å². The second-order valence-electron chi connectivity index (χ2n) is 2.64. The van der Waals surface area contributed by atoms with Gasteiger partial charge in [-0.1, -0.05) is 11.6 Å². The monoisotopic (exact) mass is 215 g/mol. The maximum Gasteiger partial charge on any atom is 0.338 e. The van der Waals surface area contributed by atoms with Crippen LogP contribution >= 0.6 is 11.6 Å². The van der Waals surface area contributed by atoms with Crippen molar-refractivity contribution >= 4 is 17.6 Å². The topological polar surface area (TPSA) is 26.3 Å². The zero-order chi connectivity index (χ0) is 10.7. The summed E-state index contributed by atoms with van der Waals surface area (Å²) in [5, 5.41) is 0.119. The molecule has 14 heavy (non-hydrogen) atoms. The fourth-order valence-electron chi connectivity index (χ4n) is 0.935. The summed E-state index contributed by atoms with van der Waals surface area (Å²) < 4.78 is 17.8. The first kappa shape index (κ1) is 11.0. The van der Waals surface area contributed by atoms with Crippen molar-refractivity contribution in [1.82, 2.24) is 0 Å². The molecule has 0 aliphatic carbocycles. The number of carbonyl (C=O) groups is 1. The fraction of sp³-hybridized carbons (Fsp3) is 0.200. The molecule has 1 aromatic carbocycles. The maximum absolute atomic E-state index is 13.1. The largest absolute Gasteiger partial charge is 0.462 e. The van der Waals surface area contributed by atoms with Gasteiger partial charge in [0.25, 0.3) is 0 Å². The molecular formula is C10H9ClFO2. The average molecular weight is 216 g/mol. The summed E-state index contributed by atoms with van der Waals surface area (Å²) in [6, 6.07) is 2.40. The van der Waals surface area contributed by atoms with E-state index in [1.54, 1.807) is 6.92 Å². The Morgan fingerprint density at radius 3 is 2.79 bits per heavy atom. The molecule has 0 heterocycles. The number of benzene rings is 1. The van der Waals surface area contributed by atoms with Gasteiger partial charge in [-0.3, -0.25) is 0 Å². The second kappa shape index (κ2) is 4.42. The molecule has 1 radical (unpaired) electrons. The van der Waals surface area contributed by atoms with Crippen molar-refractivity contribution in [1.29, 1.82) is 0 Å². The molecule has 0 N–H and O–H groups in total. The minimum Gasteiger partial charge on any atom is -0.462 e. The molecule has 0 aliphatic heterocycles. The molecular weight excluding hydrogens is 207 g/mol. The van der Waals surface area contributed by atoms with Crippen molar-refractivity contribution < 1.29 is 13.9 Å². The molecule has 0 unspecified atom stereocenters. The van der Waals surface area contributed by atoms with Crippen molar-refractivity contribution in [2.24, 2.45) is 0 Å². The van der Waals surface area contributed by atoms with Crippen molar-refractivity contribution in [2.45, 2.75) is 6.92 Å². The minimum absolute atomic E-state index is 0.0831. The lowest BCUT2D eigenvalue weighted by atomic mass is 10.1. The predicted octanol–water partition coefficient (Wildman–Crippen LogP) is 2.84. The Balaban J connectivity index is 3.06. The summed E-state index contributed by atoms with van der Waals surface area (Å²) in [4.78, 5) is 11.2. The lowest BCUT2D eigenvalue weighted by molar-refractivity contribution is 0.0526. The lowest BCUT2D eigenvalue weighted by Crippen LogP contribution is -2.05. The first-order valence-corrected chi connectivity index (χ1v) is 4.42. The fourth-order valence-corrected chi connectivity index (χ4v) is 1.14. The Labute approximate surface area is 86.6 Å². The van der Waals surface area contributed by atoms with Crippen LogP contribution in [0.5, 0.6) is 0 Å². The van der Waals surface area contributed by atoms with Gasteiger partial charge in [-0.25, -0.2) is 9.18 Å². The zero-order valence-electron chi connectivity index (χ0n) is 7.64. The van der Waals surface area contributed by atoms with E-state index in [1.165, 1.54) is 6.07 Å². The summed E-state index contributed by atoms with van der Waals surface area (Å²) in [7, 11) is 0. The Morgan fingerprint density at radius 2 is 2.29 bits per heavy atom. The van der Waals surface area contributed by atoms with Gasteiger partial charge in [-0.15, -0.1) is 0 Å². The summed E-state index contributed by atoms with van der Waals surface area (Å²) in [6.45, 7) is 5.32. The van der Waals surface area contributed by atoms with Gasteiger partial charge in [0.15, 0.2) is 0 Å². The summed E-state index contributed by atoms with van der Waals surface area (Å²) >= 11 is 5.65. The van der Waals surface area contributed by atoms with E-state index in [-0.39, 0.29) is 22.8 Å². The second-order valence-corrected chi connectivity index (χ2v) is 3.05. The highest BCUT2D eigenvalue weighted by Gasteiger charge is 2.11. The molecule has 0 saturated heterocycles. The molecule has 0 bridgehead atoms. The van der Waals surface area contributed by atoms with Gasteiger partial charge < -0.3 is 4.74 Å². The van der Waals surface area contributed by atoms with Crippen LogP contribution in [0.25, 0.3) is 0 Å². The standard InChI is InChI=1S/C10H9ClFO2/c1-3-14-10(13)7-4-8(11)6(2)9(12)5-7/h4-5H,2-3H2,1H3. The summed E-state index contributed by atoms with van der Waals surface area (Å²) in [5.41, 5.74) is 0.182. The first-order valence-electron chi connectivity index (χ1n) is 4.04. The zero-order valence-corrected chi connectivity index (χ0v) is 8.40. The van der Waals surface area contributed by atoms with Crippen LogP contribution < -0.4 is 0 Å². The van der Waals surface area contributed by atoms with Crippen molar-refractivity contribution in [3.05, 3.63) is 41.0 Å². The molecule has 0 atom stereocenters. The molecule has 0 aromatic heterocycles. The van der Waals surface area contributed by atoms with Gasteiger partial charge in [0.2, 0.25) is 0 Å². The molecule has 0 aliphatic rings. The highest BCUT2D eigenvalue weighted by atomic mass is 35.5. The van der Waals surface area contributed by atoms with Crippen LogP contribution in [-0.4, -0.2) is 12.6 Å². The SMILES string of the molecule is [CH2]c1c(F)cc(C(=O)OCC)cc1Cl. The van der Waals surface area contributed by atoms with Crippen LogP contribution in [0.3, 0.4) is 0 Å². The smallest absolute Gasteiger partial charge is 0.338 e. The number of carbonyl (C=O) groups excluding carboxylic acids is 1. The molecule has 0 fully saturated rings. The van der Waals surface area contributed by atoms with Gasteiger partial charge in [0, 0.05) is 10.6 Å². The molecule has 75 valence electrons. The number of halogens is 2. The van der Waals surface area contributed by atoms with Crippen LogP contribution in [0.1, 0.15) is 22.8 Å². The van der Waals surface area contributed by atoms with E-state index < -0.39 is 11.8 Å². The van der Waals surface area contributed by atoms with Gasteiger partial charge in [-0.05, 0) is 26.0 Å². The van der Waals surface area contributed by atoms with Crippen molar-refractivity contribution in [3.8, 4) is 0 Å². The van der Waals surface area contributed by atoms with Crippen molar-refractivity contribution in [3.63, 3.8) is 0 Å². The molecule has 1 rings (SSSR count). The minimum atomic E-state index is -0.611. The van der Waals surface area contributed by atoms with E-state index >= 15 is 0 Å². The molecule has 0 saturated carbocycles. The van der Waals surface area contributed by atoms with E-state index in [1.807, 2.05) is 0 Å². The molecule has 4 heteroatoms. The third-order valence-corrected chi connectivity index (χ3v) is 1.99. The van der Waals surface area contributed by atoms with E-state index in [0.29, 0.717) is 0 Å². The van der Waals surface area contributed by atoms with E-state index in [0.717, 1.165) is 6.07 Å². The van der Waals surface area contributed by atoms with Crippen LogP contribution in [-0.2, 0) is 4.74 Å². The third-order valence-electron chi connectivity index (χ3n) is 1.65. The molecule has 0 amide bonds. The van der Waals surface area contributed by atoms with Crippen LogP contribution in [0.15, 0.2) is 12.1 Å². The first-order chi connectivity index (χ1) is 6.56. The van der Waals surface area contributed by atoms with Crippen molar-refractivity contribution in [2.75, 3.05) is 6.61 Å². The quantitative estimate of drug-likeness (QED) is 0.710. The predicted molar refractivity (Wildman–Crippen MR) is 51.8 cm³/mol. The van der Waals surface area contributed by atoms with E-state index in [2.05, 4.69) is 6.92 Å². The average Bonchev–Trinajstić information content (AvgIpc) is 2.13. The Hall–Kier alpha value is -1.09. The van der Waals surface area contributed by atoms with E-state index in [9.17, 15) is 9.18 Å². The third kappa shape index (κ3) is 2.23. The number of esters is 1. The molecule has 0 spiro atoms. The number of ether oxygens (including phenoxy) is 1. The lowest BCUT2D eigenvalue weighted by Gasteiger charge is -2.04. The van der Waals surface area contributed by atoms with Gasteiger partial charge >= 0.3 is 5.97 Å². The molecule has 2 nitrogen and oxygen atoms in total. The van der Waals surface area contributed by atoms with Gasteiger partial charge in [-0.2, -0.15) is 0 Å². The Kier molecular flexibility index (Phi) is 3.47. The summed E-state index contributed by atoms with van der Waals surface area (Å²) in [5.74, 6) is -1.20. The summed E-state index contributed by atoms with van der Waals surface area (Å²) in [6.07, 6.45) is 0.